The molecule has 2 saturated heterocycles. The van der Waals surface area contributed by atoms with Crippen LogP contribution in [-0.4, -0.2) is 65.1 Å². The smallest absolute Gasteiger partial charge is 0.333 e. The fourth-order valence-electron chi connectivity index (χ4n) is 4.19. The molecule has 1 N–H and O–H groups in total. The second-order valence-electron chi connectivity index (χ2n) is 7.30. The molecule has 0 aromatic carbocycles. The van der Waals surface area contributed by atoms with Gasteiger partial charge in [0.2, 0.25) is 10.0 Å². The summed E-state index contributed by atoms with van der Waals surface area (Å²) in [6.07, 6.45) is 11.0. The van der Waals surface area contributed by atoms with Crippen molar-refractivity contribution in [1.29, 1.82) is 0 Å². The molecule has 3 rings (SSSR count). The zero-order chi connectivity index (χ0) is 18.8. The van der Waals surface area contributed by atoms with E-state index in [1.807, 2.05) is 4.90 Å². The number of allylic oxidation sites excluding steroid dienone is 2. The highest BCUT2D eigenvalue weighted by molar-refractivity contribution is 7.92. The number of likely N-dealkylation sites (tertiary alicyclic amines) is 1. The van der Waals surface area contributed by atoms with E-state index in [2.05, 4.69) is 0 Å². The Balaban J connectivity index is 2.02. The van der Waals surface area contributed by atoms with Crippen molar-refractivity contribution in [1.82, 2.24) is 9.21 Å². The molecule has 0 aromatic rings. The van der Waals surface area contributed by atoms with Gasteiger partial charge in [-0.1, -0.05) is 43.0 Å². The fourth-order valence-corrected chi connectivity index (χ4v) is 6.76. The minimum absolute atomic E-state index is 0.0602. The molecule has 2 aliphatic heterocycles. The zero-order valence-electron chi connectivity index (χ0n) is 14.9. The molecule has 2 heterocycles. The second-order valence-corrected chi connectivity index (χ2v) is 10.3. The Hall–Kier alpha value is -0.890. The van der Waals surface area contributed by atoms with Crippen molar-refractivity contribution in [3.05, 3.63) is 23.8 Å². The minimum Gasteiger partial charge on any atom is -0.478 e. The third-order valence-corrected chi connectivity index (χ3v) is 8.68. The lowest BCUT2D eigenvalue weighted by Crippen LogP contribution is -2.60. The minimum atomic E-state index is -3.90. The van der Waals surface area contributed by atoms with Gasteiger partial charge in [-0.25, -0.2) is 17.5 Å². The van der Waals surface area contributed by atoms with Gasteiger partial charge in [0, 0.05) is 13.1 Å². The van der Waals surface area contributed by atoms with Gasteiger partial charge in [-0.05, 0) is 44.8 Å². The Kier molecular flexibility index (Phi) is 6.11. The van der Waals surface area contributed by atoms with E-state index in [-0.39, 0.29) is 5.57 Å². The molecule has 8 heteroatoms. The van der Waals surface area contributed by atoms with Crippen LogP contribution in [0.15, 0.2) is 23.8 Å². The molecule has 0 aromatic heterocycles. The molecule has 2 atom stereocenters. The Morgan fingerprint density at radius 2 is 1.58 bits per heavy atom. The summed E-state index contributed by atoms with van der Waals surface area (Å²) >= 11 is 6.83. The number of hydrogen-bond acceptors (Lipinski definition) is 4. The standard InChI is InChI=1S/C18H27ClN2O4S/c19-18(26(24,25)21-13-6-3-7-14-21)10-8-9-15(17(22)23)16(18)20-11-4-1-2-5-12-20/h8-10,16H,1-7,11-14H2,(H,22,23). The van der Waals surface area contributed by atoms with Gasteiger partial charge in [-0.2, -0.15) is 0 Å². The number of aliphatic carboxylic acids is 1. The topological polar surface area (TPSA) is 77.9 Å². The van der Waals surface area contributed by atoms with E-state index in [1.54, 1.807) is 0 Å². The number of hydrogen-bond donors (Lipinski definition) is 1. The van der Waals surface area contributed by atoms with E-state index in [1.165, 1.54) is 22.5 Å². The molecule has 0 saturated carbocycles. The lowest BCUT2D eigenvalue weighted by molar-refractivity contribution is -0.133. The van der Waals surface area contributed by atoms with Gasteiger partial charge >= 0.3 is 5.97 Å². The average molecular weight is 403 g/mol. The highest BCUT2D eigenvalue weighted by Gasteiger charge is 2.55. The number of carboxylic acids is 1. The molecule has 6 nitrogen and oxygen atoms in total. The van der Waals surface area contributed by atoms with Gasteiger partial charge < -0.3 is 5.11 Å². The highest BCUT2D eigenvalue weighted by Crippen LogP contribution is 2.41. The summed E-state index contributed by atoms with van der Waals surface area (Å²) in [5.41, 5.74) is 0.0602. The molecule has 0 amide bonds. The molecule has 26 heavy (non-hydrogen) atoms. The van der Waals surface area contributed by atoms with Crippen LogP contribution in [0.4, 0.5) is 0 Å². The zero-order valence-corrected chi connectivity index (χ0v) is 16.5. The molecule has 0 bridgehead atoms. The number of rotatable bonds is 4. The molecule has 0 spiro atoms. The van der Waals surface area contributed by atoms with Crippen molar-refractivity contribution in [3.63, 3.8) is 0 Å². The molecular formula is C18H27ClN2O4S. The largest absolute Gasteiger partial charge is 0.478 e. The van der Waals surface area contributed by atoms with Crippen molar-refractivity contribution in [2.45, 2.75) is 55.2 Å². The van der Waals surface area contributed by atoms with Crippen molar-refractivity contribution in [3.8, 4) is 0 Å². The van der Waals surface area contributed by atoms with Crippen LogP contribution in [0.5, 0.6) is 0 Å². The lowest BCUT2D eigenvalue weighted by Gasteiger charge is -2.44. The van der Waals surface area contributed by atoms with Gasteiger partial charge in [0.25, 0.3) is 0 Å². The number of piperidine rings is 1. The Labute approximate surface area is 160 Å². The predicted octanol–water partition coefficient (Wildman–Crippen LogP) is 2.56. The number of nitrogens with zero attached hydrogens (tertiary/aromatic N) is 2. The number of halogens is 1. The Bertz CT molecular complexity index is 692. The lowest BCUT2D eigenvalue weighted by atomic mass is 9.96. The molecule has 3 aliphatic rings. The Morgan fingerprint density at radius 1 is 1.04 bits per heavy atom. The molecular weight excluding hydrogens is 376 g/mol. The summed E-state index contributed by atoms with van der Waals surface area (Å²) in [6, 6.07) is -0.878. The maximum atomic E-state index is 13.5. The van der Waals surface area contributed by atoms with E-state index in [0.29, 0.717) is 26.2 Å². The van der Waals surface area contributed by atoms with E-state index in [9.17, 15) is 18.3 Å². The average Bonchev–Trinajstić information content (AvgIpc) is 2.91. The summed E-state index contributed by atoms with van der Waals surface area (Å²) in [5, 5.41) is 9.72. The van der Waals surface area contributed by atoms with Gasteiger partial charge in [0.15, 0.2) is 4.21 Å². The van der Waals surface area contributed by atoms with Crippen LogP contribution in [0.3, 0.4) is 0 Å². The van der Waals surface area contributed by atoms with Gasteiger partial charge in [0.05, 0.1) is 11.6 Å². The van der Waals surface area contributed by atoms with Crippen LogP contribution in [0.2, 0.25) is 0 Å². The van der Waals surface area contributed by atoms with Crippen LogP contribution < -0.4 is 0 Å². The molecule has 2 fully saturated rings. The third kappa shape index (κ3) is 3.59. The van der Waals surface area contributed by atoms with Crippen molar-refractivity contribution in [2.75, 3.05) is 26.2 Å². The van der Waals surface area contributed by atoms with Crippen LogP contribution in [0.25, 0.3) is 0 Å². The number of carbonyl (C=O) groups is 1. The summed E-state index contributed by atoms with van der Waals surface area (Å²) in [6.45, 7) is 2.22. The molecule has 1 aliphatic carbocycles. The first kappa shape index (κ1) is 19.9. The normalized spacial score (nSPS) is 32.0. The van der Waals surface area contributed by atoms with Gasteiger partial charge in [-0.3, -0.25) is 4.90 Å². The highest BCUT2D eigenvalue weighted by atomic mass is 35.5. The van der Waals surface area contributed by atoms with E-state index in [0.717, 1.165) is 44.9 Å². The fraction of sp³-hybridized carbons (Fsp3) is 0.722. The second kappa shape index (κ2) is 8.00. The van der Waals surface area contributed by atoms with Crippen molar-refractivity contribution >= 4 is 27.6 Å². The van der Waals surface area contributed by atoms with Gasteiger partial charge in [0.1, 0.15) is 0 Å². The number of carboxylic acid groups (broad SMARTS) is 1. The molecule has 146 valence electrons. The Morgan fingerprint density at radius 3 is 2.15 bits per heavy atom. The molecule has 2 unspecified atom stereocenters. The van der Waals surface area contributed by atoms with Crippen molar-refractivity contribution < 1.29 is 18.3 Å². The van der Waals surface area contributed by atoms with E-state index in [4.69, 9.17) is 11.6 Å². The first-order valence-electron chi connectivity index (χ1n) is 9.43. The van der Waals surface area contributed by atoms with Gasteiger partial charge in [-0.15, -0.1) is 0 Å². The van der Waals surface area contributed by atoms with E-state index >= 15 is 0 Å². The quantitative estimate of drug-likeness (QED) is 0.731. The van der Waals surface area contributed by atoms with E-state index < -0.39 is 26.2 Å². The first-order valence-corrected chi connectivity index (χ1v) is 11.2. The number of alkyl halides is 1. The summed E-state index contributed by atoms with van der Waals surface area (Å²) in [7, 11) is -3.90. The maximum absolute atomic E-state index is 13.5. The summed E-state index contributed by atoms with van der Waals surface area (Å²) in [4.78, 5) is 13.9. The predicted molar refractivity (Wildman–Crippen MR) is 102 cm³/mol. The third-order valence-electron chi connectivity index (χ3n) is 5.57. The van der Waals surface area contributed by atoms with Crippen LogP contribution in [-0.2, 0) is 14.8 Å². The van der Waals surface area contributed by atoms with Crippen molar-refractivity contribution in [2.24, 2.45) is 0 Å². The van der Waals surface area contributed by atoms with Crippen LogP contribution in [0.1, 0.15) is 44.9 Å². The number of sulfonamides is 1. The monoisotopic (exact) mass is 402 g/mol. The maximum Gasteiger partial charge on any atom is 0.333 e. The summed E-state index contributed by atoms with van der Waals surface area (Å²) < 4.78 is 26.6. The molecule has 0 radical (unpaired) electrons. The first-order chi connectivity index (χ1) is 12.4. The van der Waals surface area contributed by atoms with Crippen LogP contribution >= 0.6 is 11.6 Å². The summed E-state index contributed by atoms with van der Waals surface area (Å²) in [5.74, 6) is -1.11. The van der Waals surface area contributed by atoms with Crippen LogP contribution in [0, 0.1) is 0 Å². The SMILES string of the molecule is O=C(O)C1=CC=CC(Cl)(S(=O)(=O)N2CCCCC2)C1N1CCCCCC1.